The van der Waals surface area contributed by atoms with Crippen LogP contribution < -0.4 is 5.32 Å². The van der Waals surface area contributed by atoms with Gasteiger partial charge in [-0.05, 0) is 23.8 Å². The predicted molar refractivity (Wildman–Crippen MR) is 111 cm³/mol. The molecule has 0 atom stereocenters. The number of carbonyl (C=O) groups excluding carboxylic acids is 1. The van der Waals surface area contributed by atoms with Crippen molar-refractivity contribution in [3.05, 3.63) is 77.8 Å². The van der Waals surface area contributed by atoms with Gasteiger partial charge in [-0.1, -0.05) is 37.2 Å². The largest absolute Gasteiger partial charge is 0.416 e. The summed E-state index contributed by atoms with van der Waals surface area (Å²) in [5, 5.41) is 6.41. The third-order valence-electron chi connectivity index (χ3n) is 4.79. The fraction of sp³-hybridized carbons (Fsp3) is 0.227. The summed E-state index contributed by atoms with van der Waals surface area (Å²) >= 11 is 0. The molecule has 0 bridgehead atoms. The van der Waals surface area contributed by atoms with Crippen molar-refractivity contribution in [2.24, 2.45) is 0 Å². The highest BCUT2D eigenvalue weighted by Crippen LogP contribution is 2.31. The van der Waals surface area contributed by atoms with Gasteiger partial charge in [0.2, 0.25) is 0 Å². The molecule has 0 aliphatic heterocycles. The summed E-state index contributed by atoms with van der Waals surface area (Å²) < 4.78 is 46.2. The van der Waals surface area contributed by atoms with E-state index in [4.69, 9.17) is 4.52 Å². The van der Waals surface area contributed by atoms with E-state index in [0.29, 0.717) is 23.1 Å². The molecule has 8 nitrogen and oxygen atoms in total. The van der Waals surface area contributed by atoms with Gasteiger partial charge in [0.25, 0.3) is 11.8 Å². The average Bonchev–Trinajstić information content (AvgIpc) is 3.47. The molecule has 0 unspecified atom stereocenters. The van der Waals surface area contributed by atoms with Gasteiger partial charge in [-0.25, -0.2) is 9.97 Å². The summed E-state index contributed by atoms with van der Waals surface area (Å²) in [6, 6.07) is 8.48. The zero-order valence-corrected chi connectivity index (χ0v) is 17.7. The lowest BCUT2D eigenvalue weighted by Crippen LogP contribution is -2.24. The number of alkyl halides is 3. The molecule has 170 valence electrons. The lowest BCUT2D eigenvalue weighted by atomic mass is 10.1. The first-order valence-electron chi connectivity index (χ1n) is 10.00. The molecule has 11 heteroatoms. The van der Waals surface area contributed by atoms with Gasteiger partial charge in [0, 0.05) is 30.4 Å². The fourth-order valence-electron chi connectivity index (χ4n) is 3.06. The SMILES string of the molecule is CC(C)c1noc(-c2ccnc(-n3cnc(C(=O)NCc4ccccc4C(F)(F)F)c3)c2)n1. The molecular weight excluding hydrogens is 437 g/mol. The number of hydrogen-bond acceptors (Lipinski definition) is 6. The Bertz CT molecular complexity index is 1280. The lowest BCUT2D eigenvalue weighted by molar-refractivity contribution is -0.138. The van der Waals surface area contributed by atoms with Gasteiger partial charge in [0.1, 0.15) is 17.8 Å². The number of nitrogens with zero attached hydrogens (tertiary/aromatic N) is 5. The van der Waals surface area contributed by atoms with Crippen molar-refractivity contribution in [2.45, 2.75) is 32.5 Å². The second-order valence-electron chi connectivity index (χ2n) is 7.52. The minimum absolute atomic E-state index is 0.0339. The predicted octanol–water partition coefficient (Wildman–Crippen LogP) is 4.39. The zero-order valence-electron chi connectivity index (χ0n) is 17.7. The van der Waals surface area contributed by atoms with Crippen molar-refractivity contribution >= 4 is 5.91 Å². The number of rotatable bonds is 6. The van der Waals surface area contributed by atoms with Gasteiger partial charge in [-0.3, -0.25) is 9.36 Å². The van der Waals surface area contributed by atoms with Crippen LogP contribution in [0.1, 0.15) is 47.2 Å². The number of carbonyl (C=O) groups is 1. The van der Waals surface area contributed by atoms with E-state index >= 15 is 0 Å². The normalized spacial score (nSPS) is 11.7. The minimum atomic E-state index is -4.51. The number of pyridine rings is 1. The number of aromatic nitrogens is 5. The highest BCUT2D eigenvalue weighted by Gasteiger charge is 2.32. The Kier molecular flexibility index (Phi) is 5.95. The van der Waals surface area contributed by atoms with E-state index in [9.17, 15) is 18.0 Å². The molecular formula is C22H19F3N6O2. The van der Waals surface area contributed by atoms with Crippen molar-refractivity contribution < 1.29 is 22.5 Å². The molecule has 4 aromatic rings. The van der Waals surface area contributed by atoms with Crippen molar-refractivity contribution in [3.63, 3.8) is 0 Å². The number of amides is 1. The first-order chi connectivity index (χ1) is 15.7. The second-order valence-corrected chi connectivity index (χ2v) is 7.52. The van der Waals surface area contributed by atoms with Crippen LogP contribution in [0, 0.1) is 0 Å². The van der Waals surface area contributed by atoms with E-state index in [1.807, 2.05) is 13.8 Å². The Morgan fingerprint density at radius 1 is 1.18 bits per heavy atom. The summed E-state index contributed by atoms with van der Waals surface area (Å²) in [6.07, 6.45) is -0.131. The van der Waals surface area contributed by atoms with Crippen LogP contribution in [0.2, 0.25) is 0 Å². The van der Waals surface area contributed by atoms with E-state index in [1.165, 1.54) is 35.3 Å². The Morgan fingerprint density at radius 3 is 2.70 bits per heavy atom. The zero-order chi connectivity index (χ0) is 23.6. The van der Waals surface area contributed by atoms with E-state index in [-0.39, 0.29) is 23.7 Å². The van der Waals surface area contributed by atoms with Gasteiger partial charge in [0.05, 0.1) is 5.56 Å². The molecule has 0 radical (unpaired) electrons. The topological polar surface area (TPSA) is 98.7 Å². The fourth-order valence-corrected chi connectivity index (χ4v) is 3.06. The van der Waals surface area contributed by atoms with Gasteiger partial charge in [0.15, 0.2) is 5.82 Å². The molecule has 1 N–H and O–H groups in total. The monoisotopic (exact) mass is 456 g/mol. The molecule has 0 fully saturated rings. The summed E-state index contributed by atoms with van der Waals surface area (Å²) in [4.78, 5) is 25.1. The van der Waals surface area contributed by atoms with E-state index in [2.05, 4.69) is 25.4 Å². The Balaban J connectivity index is 1.49. The lowest BCUT2D eigenvalue weighted by Gasteiger charge is -2.12. The van der Waals surface area contributed by atoms with Crippen molar-refractivity contribution in [3.8, 4) is 17.3 Å². The third kappa shape index (κ3) is 4.92. The number of hydrogen-bond donors (Lipinski definition) is 1. The highest BCUT2D eigenvalue weighted by atomic mass is 19.4. The first kappa shape index (κ1) is 22.2. The molecule has 4 rings (SSSR count). The van der Waals surface area contributed by atoms with Gasteiger partial charge in [-0.2, -0.15) is 18.2 Å². The second kappa shape index (κ2) is 8.85. The molecule has 3 heterocycles. The van der Waals surface area contributed by atoms with Crippen LogP contribution >= 0.6 is 0 Å². The van der Waals surface area contributed by atoms with E-state index in [1.54, 1.807) is 18.3 Å². The quantitative estimate of drug-likeness (QED) is 0.462. The third-order valence-corrected chi connectivity index (χ3v) is 4.79. The standard InChI is InChI=1S/C22H19F3N6O2/c1-13(2)19-29-21(33-30-19)14-7-8-26-18(9-14)31-11-17(28-12-31)20(32)27-10-15-5-3-4-6-16(15)22(23,24)25/h3-9,11-13H,10H2,1-2H3,(H,27,32). The van der Waals surface area contributed by atoms with E-state index in [0.717, 1.165) is 6.07 Å². The average molecular weight is 456 g/mol. The van der Waals surface area contributed by atoms with Crippen LogP contribution in [0.15, 0.2) is 59.6 Å². The maximum Gasteiger partial charge on any atom is 0.416 e. The van der Waals surface area contributed by atoms with Gasteiger partial charge < -0.3 is 9.84 Å². The van der Waals surface area contributed by atoms with Crippen molar-refractivity contribution in [1.82, 2.24) is 30.0 Å². The molecule has 0 aliphatic carbocycles. The van der Waals surface area contributed by atoms with Crippen molar-refractivity contribution in [2.75, 3.05) is 0 Å². The number of halogens is 3. The first-order valence-corrected chi connectivity index (χ1v) is 10.00. The molecule has 0 aliphatic rings. The number of nitrogens with one attached hydrogen (secondary N) is 1. The van der Waals surface area contributed by atoms with Crippen LogP contribution in [0.5, 0.6) is 0 Å². The molecule has 1 amide bonds. The van der Waals surface area contributed by atoms with Gasteiger partial charge >= 0.3 is 6.18 Å². The summed E-state index contributed by atoms with van der Waals surface area (Å²) in [6.45, 7) is 3.61. The number of benzene rings is 1. The van der Waals surface area contributed by atoms with Crippen LogP contribution in [0.25, 0.3) is 17.3 Å². The molecule has 0 spiro atoms. The van der Waals surface area contributed by atoms with Crippen LogP contribution in [0.4, 0.5) is 13.2 Å². The summed E-state index contributed by atoms with van der Waals surface area (Å²) in [7, 11) is 0. The Morgan fingerprint density at radius 2 is 1.97 bits per heavy atom. The molecule has 33 heavy (non-hydrogen) atoms. The molecule has 0 saturated heterocycles. The van der Waals surface area contributed by atoms with E-state index < -0.39 is 17.6 Å². The van der Waals surface area contributed by atoms with Crippen LogP contribution in [-0.2, 0) is 12.7 Å². The summed E-state index contributed by atoms with van der Waals surface area (Å²) in [5.41, 5.74) is -0.152. The summed E-state index contributed by atoms with van der Waals surface area (Å²) in [5.74, 6) is 0.869. The highest BCUT2D eigenvalue weighted by molar-refractivity contribution is 5.92. The maximum atomic E-state index is 13.1. The van der Waals surface area contributed by atoms with Crippen LogP contribution in [0.3, 0.4) is 0 Å². The molecule has 0 saturated carbocycles. The molecule has 1 aromatic carbocycles. The Hall–Kier alpha value is -4.02. The molecule has 3 aromatic heterocycles. The maximum absolute atomic E-state index is 13.1. The number of imidazole rings is 1. The Labute approximate surface area is 186 Å². The van der Waals surface area contributed by atoms with Crippen LogP contribution in [-0.4, -0.2) is 30.6 Å². The minimum Gasteiger partial charge on any atom is -0.347 e. The van der Waals surface area contributed by atoms with Gasteiger partial charge in [-0.15, -0.1) is 0 Å². The smallest absolute Gasteiger partial charge is 0.347 e. The van der Waals surface area contributed by atoms with Crippen molar-refractivity contribution in [1.29, 1.82) is 0 Å².